The van der Waals surface area contributed by atoms with Gasteiger partial charge in [0, 0.05) is 0 Å². The summed E-state index contributed by atoms with van der Waals surface area (Å²) in [5.74, 6) is 0. The first-order valence-corrected chi connectivity index (χ1v) is 3.04. The molecule has 1 unspecified atom stereocenters. The van der Waals surface area contributed by atoms with Gasteiger partial charge in [-0.15, -0.1) is 0 Å². The third-order valence-electron chi connectivity index (χ3n) is 1.56. The summed E-state index contributed by atoms with van der Waals surface area (Å²) < 4.78 is 4.59. The fourth-order valence-electron chi connectivity index (χ4n) is 0.832. The summed E-state index contributed by atoms with van der Waals surface area (Å²) in [5.41, 5.74) is 5.23. The van der Waals surface area contributed by atoms with Crippen LogP contribution in [0.4, 0.5) is 0 Å². The molecule has 0 aromatic rings. The van der Waals surface area contributed by atoms with Crippen molar-refractivity contribution >= 4 is 0 Å². The third-order valence-corrected chi connectivity index (χ3v) is 1.56. The standard InChI is InChI=1S/C5H11NO4/c6-3-4(8)2(7)1-10-5(3)9/h2-5,7-9H,1,6H2/t2-,3+,4-,5?/m0/s1. The van der Waals surface area contributed by atoms with Crippen LogP contribution in [0.15, 0.2) is 0 Å². The molecule has 0 amide bonds. The van der Waals surface area contributed by atoms with Crippen LogP contribution in [0, 0.1) is 0 Å². The Bertz CT molecular complexity index is 106. The Balaban J connectivity index is 2.52. The lowest BCUT2D eigenvalue weighted by Gasteiger charge is -2.32. The molecular weight excluding hydrogens is 138 g/mol. The van der Waals surface area contributed by atoms with Gasteiger partial charge in [0.25, 0.3) is 0 Å². The van der Waals surface area contributed by atoms with Crippen LogP contribution >= 0.6 is 0 Å². The Kier molecular flexibility index (Phi) is 2.22. The van der Waals surface area contributed by atoms with Crippen LogP contribution in [0.5, 0.6) is 0 Å². The van der Waals surface area contributed by atoms with E-state index in [2.05, 4.69) is 4.74 Å². The number of aliphatic hydroxyl groups is 3. The summed E-state index contributed by atoms with van der Waals surface area (Å²) in [6, 6.07) is -0.913. The molecule has 1 heterocycles. The second kappa shape index (κ2) is 2.81. The zero-order valence-electron chi connectivity index (χ0n) is 5.34. The number of rotatable bonds is 0. The van der Waals surface area contributed by atoms with E-state index in [1.807, 2.05) is 0 Å². The summed E-state index contributed by atoms with van der Waals surface area (Å²) in [6.45, 7) is -0.0734. The van der Waals surface area contributed by atoms with Gasteiger partial charge >= 0.3 is 0 Å². The summed E-state index contributed by atoms with van der Waals surface area (Å²) in [7, 11) is 0. The summed E-state index contributed by atoms with van der Waals surface area (Å²) in [6.07, 6.45) is -3.25. The summed E-state index contributed by atoms with van der Waals surface area (Å²) in [5, 5.41) is 26.7. The molecule has 1 rings (SSSR count). The second-order valence-electron chi connectivity index (χ2n) is 2.36. The molecule has 0 spiro atoms. The summed E-state index contributed by atoms with van der Waals surface area (Å²) >= 11 is 0. The predicted molar refractivity (Wildman–Crippen MR) is 31.9 cm³/mol. The van der Waals surface area contributed by atoms with Gasteiger partial charge in [-0.1, -0.05) is 0 Å². The Morgan fingerprint density at radius 2 is 1.90 bits per heavy atom. The molecule has 0 bridgehead atoms. The van der Waals surface area contributed by atoms with Gasteiger partial charge in [0.15, 0.2) is 6.29 Å². The highest BCUT2D eigenvalue weighted by atomic mass is 16.6. The van der Waals surface area contributed by atoms with Crippen molar-refractivity contribution in [3.63, 3.8) is 0 Å². The zero-order valence-corrected chi connectivity index (χ0v) is 5.34. The molecule has 1 saturated heterocycles. The topological polar surface area (TPSA) is 95.9 Å². The normalized spacial score (nSPS) is 49.2. The minimum atomic E-state index is -1.17. The maximum Gasteiger partial charge on any atom is 0.172 e. The van der Waals surface area contributed by atoms with Gasteiger partial charge in [-0.25, -0.2) is 0 Å². The van der Waals surface area contributed by atoms with Crippen molar-refractivity contribution in [2.75, 3.05) is 6.61 Å². The maximum atomic E-state index is 9.00. The highest BCUT2D eigenvalue weighted by molar-refractivity contribution is 4.84. The molecule has 1 fully saturated rings. The highest BCUT2D eigenvalue weighted by Gasteiger charge is 2.34. The van der Waals surface area contributed by atoms with Crippen LogP contribution in [0.25, 0.3) is 0 Å². The second-order valence-corrected chi connectivity index (χ2v) is 2.36. The van der Waals surface area contributed by atoms with Crippen molar-refractivity contribution in [2.24, 2.45) is 5.73 Å². The van der Waals surface area contributed by atoms with Crippen molar-refractivity contribution in [3.05, 3.63) is 0 Å². The predicted octanol–water partition coefficient (Wildman–Crippen LogP) is -2.62. The van der Waals surface area contributed by atoms with E-state index in [9.17, 15) is 0 Å². The molecule has 5 N–H and O–H groups in total. The lowest BCUT2D eigenvalue weighted by Crippen LogP contribution is -2.57. The molecule has 0 radical (unpaired) electrons. The first kappa shape index (κ1) is 7.90. The molecule has 1 aliphatic heterocycles. The molecular formula is C5H11NO4. The monoisotopic (exact) mass is 149 g/mol. The van der Waals surface area contributed by atoms with Crippen LogP contribution < -0.4 is 5.73 Å². The van der Waals surface area contributed by atoms with Crippen molar-refractivity contribution in [1.29, 1.82) is 0 Å². The Morgan fingerprint density at radius 3 is 2.40 bits per heavy atom. The van der Waals surface area contributed by atoms with E-state index < -0.39 is 24.5 Å². The van der Waals surface area contributed by atoms with E-state index in [0.29, 0.717) is 0 Å². The fourth-order valence-corrected chi connectivity index (χ4v) is 0.832. The van der Waals surface area contributed by atoms with E-state index in [1.54, 1.807) is 0 Å². The van der Waals surface area contributed by atoms with Gasteiger partial charge in [-0.2, -0.15) is 0 Å². The Morgan fingerprint density at radius 1 is 1.30 bits per heavy atom. The smallest absolute Gasteiger partial charge is 0.172 e. The van der Waals surface area contributed by atoms with Gasteiger partial charge in [0.1, 0.15) is 12.2 Å². The van der Waals surface area contributed by atoms with E-state index in [4.69, 9.17) is 21.1 Å². The largest absolute Gasteiger partial charge is 0.389 e. The maximum absolute atomic E-state index is 9.00. The SMILES string of the molecule is N[C@H]1C(O)OC[C@H](O)[C@@H]1O. The number of hydrogen-bond donors (Lipinski definition) is 4. The number of hydrogen-bond acceptors (Lipinski definition) is 5. The van der Waals surface area contributed by atoms with E-state index in [0.717, 1.165) is 0 Å². The van der Waals surface area contributed by atoms with Gasteiger partial charge in [-0.3, -0.25) is 0 Å². The minimum Gasteiger partial charge on any atom is -0.389 e. The first-order chi connectivity index (χ1) is 4.63. The number of ether oxygens (including phenoxy) is 1. The minimum absolute atomic E-state index is 0.0734. The van der Waals surface area contributed by atoms with Crippen LogP contribution in [0.2, 0.25) is 0 Å². The van der Waals surface area contributed by atoms with E-state index >= 15 is 0 Å². The lowest BCUT2D eigenvalue weighted by molar-refractivity contribution is -0.205. The fraction of sp³-hybridized carbons (Fsp3) is 1.00. The Labute approximate surface area is 58.0 Å². The van der Waals surface area contributed by atoms with E-state index in [1.165, 1.54) is 0 Å². The molecule has 10 heavy (non-hydrogen) atoms. The average Bonchev–Trinajstić information content (AvgIpc) is 1.93. The first-order valence-electron chi connectivity index (χ1n) is 3.04. The molecule has 0 saturated carbocycles. The van der Waals surface area contributed by atoms with Gasteiger partial charge in [0.2, 0.25) is 0 Å². The van der Waals surface area contributed by atoms with Crippen molar-refractivity contribution in [2.45, 2.75) is 24.5 Å². The molecule has 5 heteroatoms. The highest BCUT2D eigenvalue weighted by Crippen LogP contribution is 2.10. The van der Waals surface area contributed by atoms with Crippen molar-refractivity contribution < 1.29 is 20.1 Å². The lowest BCUT2D eigenvalue weighted by atomic mass is 10.0. The van der Waals surface area contributed by atoms with Crippen LogP contribution in [-0.4, -0.2) is 46.5 Å². The van der Waals surface area contributed by atoms with Crippen LogP contribution in [0.1, 0.15) is 0 Å². The molecule has 5 nitrogen and oxygen atoms in total. The third kappa shape index (κ3) is 1.28. The molecule has 1 aliphatic rings. The molecule has 0 aromatic heterocycles. The van der Waals surface area contributed by atoms with Crippen LogP contribution in [-0.2, 0) is 4.74 Å². The van der Waals surface area contributed by atoms with Crippen molar-refractivity contribution in [1.82, 2.24) is 0 Å². The molecule has 0 aliphatic carbocycles. The molecule has 60 valence electrons. The van der Waals surface area contributed by atoms with Gasteiger partial charge in [-0.05, 0) is 0 Å². The van der Waals surface area contributed by atoms with Crippen LogP contribution in [0.3, 0.4) is 0 Å². The average molecular weight is 149 g/mol. The number of aliphatic hydroxyl groups excluding tert-OH is 3. The van der Waals surface area contributed by atoms with Crippen molar-refractivity contribution in [3.8, 4) is 0 Å². The summed E-state index contributed by atoms with van der Waals surface area (Å²) in [4.78, 5) is 0. The Hall–Kier alpha value is -0.200. The van der Waals surface area contributed by atoms with Gasteiger partial charge < -0.3 is 25.8 Å². The van der Waals surface area contributed by atoms with Gasteiger partial charge in [0.05, 0.1) is 12.6 Å². The zero-order chi connectivity index (χ0) is 7.72. The quantitative estimate of drug-likeness (QED) is 0.302. The van der Waals surface area contributed by atoms with E-state index in [-0.39, 0.29) is 6.61 Å². The molecule has 0 aromatic carbocycles. The molecule has 4 atom stereocenters. The number of nitrogens with two attached hydrogens (primary N) is 1.